The Morgan fingerprint density at radius 1 is 0.852 bits per heavy atom. The van der Waals surface area contributed by atoms with E-state index >= 15 is 0 Å². The molecule has 2 rings (SSSR count). The van der Waals surface area contributed by atoms with Crippen molar-refractivity contribution in [2.45, 2.75) is 59.5 Å². The fourth-order valence-corrected chi connectivity index (χ4v) is 2.79. The van der Waals surface area contributed by atoms with Gasteiger partial charge in [0.05, 0.1) is 6.42 Å². The first-order chi connectivity index (χ1) is 12.5. The highest BCUT2D eigenvalue weighted by molar-refractivity contribution is 6.01. The molecule has 3 heteroatoms. The van der Waals surface area contributed by atoms with Gasteiger partial charge in [0.2, 0.25) is 5.78 Å². The third-order valence-corrected chi connectivity index (χ3v) is 4.30. The second-order valence-corrected chi connectivity index (χ2v) is 9.21. The van der Waals surface area contributed by atoms with E-state index in [1.165, 1.54) is 0 Å². The molecule has 3 nitrogen and oxygen atoms in total. The van der Waals surface area contributed by atoms with E-state index in [0.717, 1.165) is 5.56 Å². The molecule has 27 heavy (non-hydrogen) atoms. The van der Waals surface area contributed by atoms with Gasteiger partial charge in [0.1, 0.15) is 0 Å². The third-order valence-electron chi connectivity index (χ3n) is 4.30. The molecule has 0 heterocycles. The molecule has 0 aromatic heterocycles. The van der Waals surface area contributed by atoms with Crippen molar-refractivity contribution in [1.82, 2.24) is 0 Å². The lowest BCUT2D eigenvalue weighted by molar-refractivity contribution is -0.149. The molecule has 144 valence electrons. The molecular formula is C24H30O3. The number of carbonyl (C=O) groups is 2. The van der Waals surface area contributed by atoms with Crippen molar-refractivity contribution in [1.29, 1.82) is 0 Å². The first-order valence-corrected chi connectivity index (χ1v) is 9.36. The lowest BCUT2D eigenvalue weighted by Gasteiger charge is -2.23. The molecule has 0 N–H and O–H groups in total. The first kappa shape index (κ1) is 20.9. The molecule has 0 aliphatic rings. The van der Waals surface area contributed by atoms with E-state index in [1.54, 1.807) is 12.1 Å². The summed E-state index contributed by atoms with van der Waals surface area (Å²) in [5.41, 5.74) is 2.21. The summed E-state index contributed by atoms with van der Waals surface area (Å²) in [6.45, 7) is 12.3. The Hall–Kier alpha value is -2.42. The third kappa shape index (κ3) is 6.06. The smallest absolute Gasteiger partial charge is 0.307 e. The van der Waals surface area contributed by atoms with Crippen LogP contribution >= 0.6 is 0 Å². The molecule has 0 radical (unpaired) electrons. The fourth-order valence-electron chi connectivity index (χ4n) is 2.79. The van der Waals surface area contributed by atoms with Crippen molar-refractivity contribution in [2.24, 2.45) is 5.41 Å². The number of ether oxygens (including phenoxy) is 1. The summed E-state index contributed by atoms with van der Waals surface area (Å²) < 4.78 is 5.67. The van der Waals surface area contributed by atoms with E-state index in [1.807, 2.05) is 63.2 Å². The highest BCUT2D eigenvalue weighted by Crippen LogP contribution is 2.29. The second-order valence-electron chi connectivity index (χ2n) is 9.21. The fraction of sp³-hybridized carbons (Fsp3) is 0.417. The Morgan fingerprint density at radius 3 is 1.89 bits per heavy atom. The number of benzene rings is 2. The minimum absolute atomic E-state index is 0.0143. The molecular weight excluding hydrogens is 336 g/mol. The Balaban J connectivity index is 2.34. The van der Waals surface area contributed by atoms with Crippen LogP contribution in [0.4, 0.5) is 0 Å². The van der Waals surface area contributed by atoms with E-state index < -0.39 is 6.10 Å². The van der Waals surface area contributed by atoms with Crippen molar-refractivity contribution < 1.29 is 14.3 Å². The van der Waals surface area contributed by atoms with Crippen molar-refractivity contribution in [2.75, 3.05) is 0 Å². The maximum absolute atomic E-state index is 13.1. The van der Waals surface area contributed by atoms with Gasteiger partial charge in [-0.3, -0.25) is 9.59 Å². The molecule has 0 aliphatic heterocycles. The zero-order valence-electron chi connectivity index (χ0n) is 17.2. The van der Waals surface area contributed by atoms with Gasteiger partial charge in [0, 0.05) is 11.1 Å². The average molecular weight is 367 g/mol. The minimum atomic E-state index is -0.934. The number of esters is 1. The van der Waals surface area contributed by atoms with Gasteiger partial charge in [-0.1, -0.05) is 96.1 Å². The van der Waals surface area contributed by atoms with Crippen LogP contribution in [0.1, 0.15) is 75.6 Å². The van der Waals surface area contributed by atoms with Crippen LogP contribution in [-0.2, 0) is 14.9 Å². The Kier molecular flexibility index (Phi) is 6.25. The molecule has 2 aromatic rings. The van der Waals surface area contributed by atoms with Crippen molar-refractivity contribution in [3.63, 3.8) is 0 Å². The minimum Gasteiger partial charge on any atom is -0.449 e. The van der Waals surface area contributed by atoms with Crippen molar-refractivity contribution in [3.8, 4) is 0 Å². The highest BCUT2D eigenvalue weighted by Gasteiger charge is 2.28. The van der Waals surface area contributed by atoms with Crippen LogP contribution in [-0.4, -0.2) is 11.8 Å². The summed E-state index contributed by atoms with van der Waals surface area (Å²) in [5, 5.41) is 0. The number of carbonyl (C=O) groups excluding carboxylic acids is 2. The Morgan fingerprint density at radius 2 is 1.41 bits per heavy atom. The molecule has 0 aliphatic carbocycles. The number of Topliss-reactive ketones (excluding diaryl/α,β-unsaturated/α-hetero) is 1. The topological polar surface area (TPSA) is 43.4 Å². The van der Waals surface area contributed by atoms with Crippen LogP contribution in [0.15, 0.2) is 54.6 Å². The lowest BCUT2D eigenvalue weighted by Crippen LogP contribution is -2.23. The number of hydrogen-bond acceptors (Lipinski definition) is 3. The van der Waals surface area contributed by atoms with Gasteiger partial charge in [-0.25, -0.2) is 0 Å². The zero-order valence-corrected chi connectivity index (χ0v) is 17.2. The summed E-state index contributed by atoms with van der Waals surface area (Å²) in [6, 6.07) is 16.7. The van der Waals surface area contributed by atoms with E-state index in [-0.39, 0.29) is 29.0 Å². The van der Waals surface area contributed by atoms with Gasteiger partial charge < -0.3 is 4.74 Å². The number of hydrogen-bond donors (Lipinski definition) is 0. The number of ketones is 1. The van der Waals surface area contributed by atoms with Crippen molar-refractivity contribution in [3.05, 3.63) is 71.3 Å². The SMILES string of the molecule is CC(C)(C)CC(=O)OC(C(=O)c1ccccc1)c1ccc(C(C)(C)C)cc1. The molecule has 2 aromatic carbocycles. The van der Waals surface area contributed by atoms with E-state index in [2.05, 4.69) is 20.8 Å². The summed E-state index contributed by atoms with van der Waals surface area (Å²) >= 11 is 0. The molecule has 0 saturated carbocycles. The maximum atomic E-state index is 13.1. The Labute approximate surface area is 162 Å². The molecule has 1 unspecified atom stereocenters. The second kappa shape index (κ2) is 8.08. The van der Waals surface area contributed by atoms with Gasteiger partial charge in [-0.2, -0.15) is 0 Å². The van der Waals surface area contributed by atoms with E-state index in [9.17, 15) is 9.59 Å². The van der Waals surface area contributed by atoms with Gasteiger partial charge in [-0.15, -0.1) is 0 Å². The van der Waals surface area contributed by atoms with Crippen LogP contribution in [0.3, 0.4) is 0 Å². The predicted molar refractivity (Wildman–Crippen MR) is 109 cm³/mol. The standard InChI is InChI=1S/C24H30O3/c1-23(2,3)16-20(25)27-22(21(26)17-10-8-7-9-11-17)18-12-14-19(15-13-18)24(4,5)6/h7-15,22H,16H2,1-6H3. The van der Waals surface area contributed by atoms with Crippen molar-refractivity contribution >= 4 is 11.8 Å². The normalized spacial score (nSPS) is 13.1. The monoisotopic (exact) mass is 366 g/mol. The largest absolute Gasteiger partial charge is 0.449 e. The lowest BCUT2D eigenvalue weighted by atomic mass is 9.86. The summed E-state index contributed by atoms with van der Waals surface area (Å²) in [5.74, 6) is -0.571. The molecule has 0 saturated heterocycles. The molecule has 0 bridgehead atoms. The van der Waals surface area contributed by atoms with Crippen LogP contribution in [0.25, 0.3) is 0 Å². The van der Waals surface area contributed by atoms with Crippen LogP contribution in [0.2, 0.25) is 0 Å². The molecule has 0 fully saturated rings. The van der Waals surface area contributed by atoms with E-state index in [0.29, 0.717) is 11.1 Å². The van der Waals surface area contributed by atoms with Gasteiger partial charge >= 0.3 is 5.97 Å². The zero-order chi connectivity index (χ0) is 20.2. The summed E-state index contributed by atoms with van der Waals surface area (Å²) in [7, 11) is 0. The average Bonchev–Trinajstić information content (AvgIpc) is 2.58. The van der Waals surface area contributed by atoms with E-state index in [4.69, 9.17) is 4.74 Å². The Bertz CT molecular complexity index is 775. The molecule has 0 amide bonds. The van der Waals surface area contributed by atoms with Crippen LogP contribution in [0, 0.1) is 5.41 Å². The van der Waals surface area contributed by atoms with Gasteiger partial charge in [0.15, 0.2) is 6.10 Å². The molecule has 0 spiro atoms. The predicted octanol–water partition coefficient (Wildman–Crippen LogP) is 5.89. The van der Waals surface area contributed by atoms with Gasteiger partial charge in [-0.05, 0) is 16.4 Å². The highest BCUT2D eigenvalue weighted by atomic mass is 16.5. The first-order valence-electron chi connectivity index (χ1n) is 9.36. The summed E-state index contributed by atoms with van der Waals surface area (Å²) in [4.78, 5) is 25.5. The summed E-state index contributed by atoms with van der Waals surface area (Å²) in [6.07, 6.45) is -0.678. The van der Waals surface area contributed by atoms with Gasteiger partial charge in [0.25, 0.3) is 0 Å². The number of rotatable bonds is 5. The van der Waals surface area contributed by atoms with Crippen LogP contribution in [0.5, 0.6) is 0 Å². The molecule has 1 atom stereocenters. The van der Waals surface area contributed by atoms with Crippen LogP contribution < -0.4 is 0 Å². The quantitative estimate of drug-likeness (QED) is 0.490. The maximum Gasteiger partial charge on any atom is 0.307 e.